The molecule has 1 aromatic carbocycles. The molecule has 1 fully saturated rings. The van der Waals surface area contributed by atoms with Crippen LogP contribution in [0.2, 0.25) is 0 Å². The van der Waals surface area contributed by atoms with Gasteiger partial charge in [-0.2, -0.15) is 9.78 Å². The Hall–Kier alpha value is -1.73. The highest BCUT2D eigenvalue weighted by Gasteiger charge is 2.67. The van der Waals surface area contributed by atoms with Crippen molar-refractivity contribution in [3.05, 3.63) is 47.0 Å². The Kier molecular flexibility index (Phi) is 2.91. The van der Waals surface area contributed by atoms with E-state index in [1.165, 1.54) is 14.2 Å². The van der Waals surface area contributed by atoms with Crippen LogP contribution in [0.25, 0.3) is 0 Å². The van der Waals surface area contributed by atoms with Gasteiger partial charge in [0.2, 0.25) is 0 Å². The third-order valence-corrected chi connectivity index (χ3v) is 3.53. The van der Waals surface area contributed by atoms with E-state index in [2.05, 4.69) is 0 Å². The van der Waals surface area contributed by atoms with Gasteiger partial charge in [0.1, 0.15) is 5.57 Å². The zero-order chi connectivity index (χ0) is 14.4. The lowest BCUT2D eigenvalue weighted by Crippen LogP contribution is -2.37. The molecule has 3 rings (SSSR count). The highest BCUT2D eigenvalue weighted by atomic mass is 17.3. The second-order valence-electron chi connectivity index (χ2n) is 4.50. The van der Waals surface area contributed by atoms with Crippen LogP contribution >= 0.6 is 0 Å². The topological polar surface area (TPSA) is 63.2 Å². The molecule has 2 aliphatic heterocycles. The number of benzene rings is 1. The van der Waals surface area contributed by atoms with Crippen LogP contribution < -0.4 is 0 Å². The minimum atomic E-state index is -1.69. The summed E-state index contributed by atoms with van der Waals surface area (Å²) in [6.07, 6.45) is 0. The molecule has 20 heavy (non-hydrogen) atoms. The molecule has 2 aliphatic rings. The largest absolute Gasteiger partial charge is 0.465 e. The van der Waals surface area contributed by atoms with Gasteiger partial charge >= 0.3 is 11.9 Å². The molecule has 0 radical (unpaired) electrons. The molecule has 106 valence electrons. The summed E-state index contributed by atoms with van der Waals surface area (Å²) in [6, 6.07) is 9.19. The average Bonchev–Trinajstić information content (AvgIpc) is 3.01. The van der Waals surface area contributed by atoms with E-state index in [4.69, 9.17) is 24.0 Å². The van der Waals surface area contributed by atoms with Crippen molar-refractivity contribution >= 4 is 5.97 Å². The normalized spacial score (nSPS) is 31.8. The van der Waals surface area contributed by atoms with E-state index in [9.17, 15) is 4.79 Å². The van der Waals surface area contributed by atoms with Gasteiger partial charge in [0, 0.05) is 18.2 Å². The van der Waals surface area contributed by atoms with Crippen molar-refractivity contribution in [2.24, 2.45) is 0 Å². The standard InChI is InChI=1S/C14H14O6/c1-9-11(12(15)16-2)14(17-3)18-13(9,19-20-14)10-7-5-4-6-8-10/h4-8H,1-3H3. The predicted octanol–water partition coefficient (Wildman–Crippen LogP) is 1.62. The number of esters is 1. The van der Waals surface area contributed by atoms with Gasteiger partial charge in [-0.15, -0.1) is 0 Å². The number of fused-ring (bicyclic) bond motifs is 2. The van der Waals surface area contributed by atoms with E-state index in [1.807, 2.05) is 30.3 Å². The number of hydrogen-bond donors (Lipinski definition) is 0. The van der Waals surface area contributed by atoms with Gasteiger partial charge in [-0.1, -0.05) is 30.3 Å². The molecule has 2 unspecified atom stereocenters. The number of methoxy groups -OCH3 is 2. The SMILES string of the molecule is COC(=O)C1=C(C)C2(c3ccccc3)OOC1(OC)O2. The third-order valence-electron chi connectivity index (χ3n) is 3.53. The van der Waals surface area contributed by atoms with Crippen LogP contribution in [0.5, 0.6) is 0 Å². The van der Waals surface area contributed by atoms with Gasteiger partial charge in [-0.3, -0.25) is 4.74 Å². The lowest BCUT2D eigenvalue weighted by molar-refractivity contribution is -0.401. The Labute approximate surface area is 115 Å². The van der Waals surface area contributed by atoms with E-state index in [1.54, 1.807) is 6.92 Å². The van der Waals surface area contributed by atoms with Gasteiger partial charge in [0.05, 0.1) is 7.11 Å². The van der Waals surface area contributed by atoms with Crippen LogP contribution in [0.4, 0.5) is 0 Å². The summed E-state index contributed by atoms with van der Waals surface area (Å²) in [5.74, 6) is -3.56. The molecule has 6 heteroatoms. The summed E-state index contributed by atoms with van der Waals surface area (Å²) in [7, 11) is 2.65. The first-order chi connectivity index (χ1) is 9.59. The van der Waals surface area contributed by atoms with Crippen LogP contribution in [-0.2, 0) is 34.6 Å². The maximum atomic E-state index is 12.0. The van der Waals surface area contributed by atoms with Crippen molar-refractivity contribution in [2.45, 2.75) is 18.7 Å². The van der Waals surface area contributed by atoms with E-state index >= 15 is 0 Å². The molecule has 0 amide bonds. The quantitative estimate of drug-likeness (QED) is 0.618. The number of carbonyl (C=O) groups is 1. The summed E-state index contributed by atoms with van der Waals surface area (Å²) in [5, 5.41) is 0. The first-order valence-electron chi connectivity index (χ1n) is 6.07. The van der Waals surface area contributed by atoms with Gasteiger partial charge < -0.3 is 9.47 Å². The maximum Gasteiger partial charge on any atom is 0.350 e. The molecule has 1 saturated heterocycles. The van der Waals surface area contributed by atoms with Crippen molar-refractivity contribution in [2.75, 3.05) is 14.2 Å². The van der Waals surface area contributed by atoms with Gasteiger partial charge in [-0.05, 0) is 6.92 Å². The van der Waals surface area contributed by atoms with E-state index in [0.29, 0.717) is 11.1 Å². The molecule has 0 saturated carbocycles. The summed E-state index contributed by atoms with van der Waals surface area (Å²) in [6.45, 7) is 1.72. The lowest BCUT2D eigenvalue weighted by Gasteiger charge is -2.24. The van der Waals surface area contributed by atoms with E-state index < -0.39 is 17.7 Å². The fourth-order valence-electron chi connectivity index (χ4n) is 2.50. The molecule has 1 aromatic rings. The van der Waals surface area contributed by atoms with Crippen LogP contribution in [0.15, 0.2) is 41.5 Å². The molecule has 2 atom stereocenters. The van der Waals surface area contributed by atoms with Crippen LogP contribution in [0, 0.1) is 0 Å². The molecule has 6 nitrogen and oxygen atoms in total. The third kappa shape index (κ3) is 1.50. The summed E-state index contributed by atoms with van der Waals surface area (Å²) in [5.41, 5.74) is 1.41. The molecule has 0 aromatic heterocycles. The monoisotopic (exact) mass is 278 g/mol. The second kappa shape index (κ2) is 4.39. The van der Waals surface area contributed by atoms with Crippen molar-refractivity contribution in [3.8, 4) is 0 Å². The molecule has 2 bridgehead atoms. The second-order valence-corrected chi connectivity index (χ2v) is 4.50. The van der Waals surface area contributed by atoms with Crippen molar-refractivity contribution < 1.29 is 28.8 Å². The number of hydrogen-bond acceptors (Lipinski definition) is 6. The zero-order valence-electron chi connectivity index (χ0n) is 11.3. The van der Waals surface area contributed by atoms with Crippen molar-refractivity contribution in [3.63, 3.8) is 0 Å². The smallest absolute Gasteiger partial charge is 0.350 e. The summed E-state index contributed by atoms with van der Waals surface area (Å²) < 4.78 is 15.8. The molecule has 0 aliphatic carbocycles. The molecule has 0 spiro atoms. The van der Waals surface area contributed by atoms with Gasteiger partial charge in [0.15, 0.2) is 0 Å². The summed E-state index contributed by atoms with van der Waals surface area (Å²) in [4.78, 5) is 22.5. The fraction of sp³-hybridized carbons (Fsp3) is 0.357. The van der Waals surface area contributed by atoms with Gasteiger partial charge in [-0.25, -0.2) is 4.79 Å². The first-order valence-corrected chi connectivity index (χ1v) is 6.07. The highest BCUT2D eigenvalue weighted by molar-refractivity contribution is 5.92. The predicted molar refractivity (Wildman–Crippen MR) is 65.8 cm³/mol. The number of ether oxygens (including phenoxy) is 3. The number of carbonyl (C=O) groups excluding carboxylic acids is 1. The zero-order valence-corrected chi connectivity index (χ0v) is 11.3. The van der Waals surface area contributed by atoms with Crippen LogP contribution in [0.1, 0.15) is 12.5 Å². The Morgan fingerprint density at radius 2 is 1.85 bits per heavy atom. The van der Waals surface area contributed by atoms with E-state index in [0.717, 1.165) is 0 Å². The minimum Gasteiger partial charge on any atom is -0.465 e. The van der Waals surface area contributed by atoms with Crippen LogP contribution in [0.3, 0.4) is 0 Å². The molecule has 2 heterocycles. The Balaban J connectivity index is 2.17. The Bertz CT molecular complexity index is 581. The van der Waals surface area contributed by atoms with Crippen molar-refractivity contribution in [1.82, 2.24) is 0 Å². The molecule has 0 N–H and O–H groups in total. The first kappa shape index (κ1) is 13.3. The summed E-state index contributed by atoms with van der Waals surface area (Å²) >= 11 is 0. The van der Waals surface area contributed by atoms with Gasteiger partial charge in [0.25, 0.3) is 5.79 Å². The Morgan fingerprint density at radius 1 is 1.15 bits per heavy atom. The van der Waals surface area contributed by atoms with Crippen molar-refractivity contribution in [1.29, 1.82) is 0 Å². The lowest BCUT2D eigenvalue weighted by atomic mass is 9.96. The maximum absolute atomic E-state index is 12.0. The fourth-order valence-corrected chi connectivity index (χ4v) is 2.50. The minimum absolute atomic E-state index is 0.164. The number of rotatable bonds is 3. The van der Waals surface area contributed by atoms with E-state index in [-0.39, 0.29) is 5.57 Å². The molecular formula is C14H14O6. The highest BCUT2D eigenvalue weighted by Crippen LogP contribution is 2.56. The molecular weight excluding hydrogens is 264 g/mol. The average molecular weight is 278 g/mol. The van der Waals surface area contributed by atoms with Crippen LogP contribution in [-0.4, -0.2) is 26.2 Å². The Morgan fingerprint density at radius 3 is 2.45 bits per heavy atom.